The molecule has 18 heavy (non-hydrogen) atoms. The van der Waals surface area contributed by atoms with E-state index in [0.717, 1.165) is 31.4 Å². The van der Waals surface area contributed by atoms with Gasteiger partial charge in [-0.15, -0.1) is 0 Å². The van der Waals surface area contributed by atoms with Gasteiger partial charge in [-0.05, 0) is 37.8 Å². The second kappa shape index (κ2) is 6.16. The molecule has 0 bridgehead atoms. The van der Waals surface area contributed by atoms with Gasteiger partial charge in [0, 0.05) is 19.2 Å². The number of ether oxygens (including phenoxy) is 1. The summed E-state index contributed by atoms with van der Waals surface area (Å²) in [6.07, 6.45) is 5.28. The lowest BCUT2D eigenvalue weighted by molar-refractivity contribution is -0.116. The molecule has 2 rings (SSSR count). The Hall–Kier alpha value is -1.13. The first-order valence-electron chi connectivity index (χ1n) is 6.19. The number of pyridine rings is 1. The van der Waals surface area contributed by atoms with E-state index in [2.05, 4.69) is 10.3 Å². The van der Waals surface area contributed by atoms with Gasteiger partial charge in [-0.2, -0.15) is 0 Å². The molecule has 5 heteroatoms. The van der Waals surface area contributed by atoms with Crippen molar-refractivity contribution in [2.24, 2.45) is 0 Å². The Balaban J connectivity index is 1.84. The van der Waals surface area contributed by atoms with Gasteiger partial charge >= 0.3 is 0 Å². The van der Waals surface area contributed by atoms with Crippen LogP contribution in [0.2, 0.25) is 5.15 Å². The van der Waals surface area contributed by atoms with Crippen molar-refractivity contribution < 1.29 is 9.53 Å². The number of nitrogens with zero attached hydrogens (tertiary/aromatic N) is 1. The number of hydrogen-bond donors (Lipinski definition) is 1. The Bertz CT molecular complexity index is 431. The van der Waals surface area contributed by atoms with Gasteiger partial charge < -0.3 is 10.1 Å². The number of amides is 1. The lowest BCUT2D eigenvalue weighted by atomic mass is 10.1. The maximum atomic E-state index is 11.8. The van der Waals surface area contributed by atoms with Gasteiger partial charge in [0.25, 0.3) is 0 Å². The van der Waals surface area contributed by atoms with E-state index >= 15 is 0 Å². The first-order valence-corrected chi connectivity index (χ1v) is 6.56. The van der Waals surface area contributed by atoms with Crippen molar-refractivity contribution in [3.8, 4) is 0 Å². The predicted molar refractivity (Wildman–Crippen MR) is 70.8 cm³/mol. The SMILES string of the molecule is Cc1cnc(Cl)c(NC(=O)CCC2CCCO2)c1. The fourth-order valence-electron chi connectivity index (χ4n) is 2.02. The molecule has 1 aromatic heterocycles. The second-order valence-electron chi connectivity index (χ2n) is 4.57. The second-order valence-corrected chi connectivity index (χ2v) is 4.93. The molecule has 1 atom stereocenters. The smallest absolute Gasteiger partial charge is 0.224 e. The normalized spacial score (nSPS) is 18.9. The van der Waals surface area contributed by atoms with E-state index in [-0.39, 0.29) is 12.0 Å². The molecule has 1 unspecified atom stereocenters. The van der Waals surface area contributed by atoms with Crippen LogP contribution in [0.5, 0.6) is 0 Å². The molecule has 98 valence electrons. The summed E-state index contributed by atoms with van der Waals surface area (Å²) < 4.78 is 5.48. The molecule has 1 fully saturated rings. The van der Waals surface area contributed by atoms with Crippen LogP contribution in [0.4, 0.5) is 5.69 Å². The van der Waals surface area contributed by atoms with Crippen molar-refractivity contribution in [2.75, 3.05) is 11.9 Å². The number of hydrogen-bond acceptors (Lipinski definition) is 3. The molecule has 1 amide bonds. The summed E-state index contributed by atoms with van der Waals surface area (Å²) in [4.78, 5) is 15.8. The molecule has 1 N–H and O–H groups in total. The fourth-order valence-corrected chi connectivity index (χ4v) is 2.17. The molecule has 1 saturated heterocycles. The quantitative estimate of drug-likeness (QED) is 0.854. The minimum Gasteiger partial charge on any atom is -0.378 e. The zero-order valence-corrected chi connectivity index (χ0v) is 11.2. The van der Waals surface area contributed by atoms with Crippen molar-refractivity contribution in [1.29, 1.82) is 0 Å². The highest BCUT2D eigenvalue weighted by atomic mass is 35.5. The monoisotopic (exact) mass is 268 g/mol. The van der Waals surface area contributed by atoms with Crippen LogP contribution < -0.4 is 5.32 Å². The maximum Gasteiger partial charge on any atom is 0.224 e. The van der Waals surface area contributed by atoms with Crippen LogP contribution in [0, 0.1) is 6.92 Å². The van der Waals surface area contributed by atoms with Gasteiger partial charge in [0.1, 0.15) is 0 Å². The molecule has 0 spiro atoms. The zero-order valence-electron chi connectivity index (χ0n) is 10.4. The first kappa shape index (κ1) is 13.3. The minimum absolute atomic E-state index is 0.0419. The van der Waals surface area contributed by atoms with E-state index in [4.69, 9.17) is 16.3 Å². The van der Waals surface area contributed by atoms with Gasteiger partial charge in [-0.1, -0.05) is 11.6 Å². The summed E-state index contributed by atoms with van der Waals surface area (Å²) in [7, 11) is 0. The number of aryl methyl sites for hydroxylation is 1. The number of anilines is 1. The maximum absolute atomic E-state index is 11.8. The first-order chi connectivity index (χ1) is 8.65. The van der Waals surface area contributed by atoms with Gasteiger partial charge in [0.2, 0.25) is 5.91 Å². The van der Waals surface area contributed by atoms with Crippen LogP contribution in [-0.4, -0.2) is 23.6 Å². The highest BCUT2D eigenvalue weighted by molar-refractivity contribution is 6.32. The third kappa shape index (κ3) is 3.68. The van der Waals surface area contributed by atoms with E-state index in [1.54, 1.807) is 6.20 Å². The lowest BCUT2D eigenvalue weighted by Crippen LogP contribution is -2.15. The number of nitrogens with one attached hydrogen (secondary N) is 1. The van der Waals surface area contributed by atoms with Crippen molar-refractivity contribution in [2.45, 2.75) is 38.7 Å². The molecule has 0 aromatic carbocycles. The highest BCUT2D eigenvalue weighted by Gasteiger charge is 2.17. The summed E-state index contributed by atoms with van der Waals surface area (Å²) in [5, 5.41) is 3.11. The average molecular weight is 269 g/mol. The Morgan fingerprint density at radius 2 is 2.50 bits per heavy atom. The predicted octanol–water partition coefficient (Wildman–Crippen LogP) is 2.94. The van der Waals surface area contributed by atoms with Crippen molar-refractivity contribution >= 4 is 23.2 Å². The van der Waals surface area contributed by atoms with Crippen LogP contribution >= 0.6 is 11.6 Å². The number of halogens is 1. The molecule has 0 radical (unpaired) electrons. The van der Waals surface area contributed by atoms with Gasteiger partial charge in [0.15, 0.2) is 5.15 Å². The molecule has 2 heterocycles. The Labute approximate surface area is 112 Å². The standard InChI is InChI=1S/C13H17ClN2O2/c1-9-7-11(13(14)15-8-9)16-12(17)5-4-10-3-2-6-18-10/h7-8,10H,2-6H2,1H3,(H,16,17). The molecule has 4 nitrogen and oxygen atoms in total. The Morgan fingerprint density at radius 1 is 1.67 bits per heavy atom. The van der Waals surface area contributed by atoms with Crippen molar-refractivity contribution in [3.63, 3.8) is 0 Å². The summed E-state index contributed by atoms with van der Waals surface area (Å²) in [6.45, 7) is 2.73. The Kier molecular flexibility index (Phi) is 4.55. The number of carbonyl (C=O) groups excluding carboxylic acids is 1. The molecular weight excluding hydrogens is 252 g/mol. The van der Waals surface area contributed by atoms with E-state index in [1.165, 1.54) is 0 Å². The molecule has 1 aliphatic rings. The largest absolute Gasteiger partial charge is 0.378 e. The molecule has 0 aliphatic carbocycles. The van der Waals surface area contributed by atoms with Crippen molar-refractivity contribution in [1.82, 2.24) is 4.98 Å². The van der Waals surface area contributed by atoms with Crippen LogP contribution in [0.3, 0.4) is 0 Å². The minimum atomic E-state index is -0.0419. The average Bonchev–Trinajstić information content (AvgIpc) is 2.84. The number of aromatic nitrogens is 1. The fraction of sp³-hybridized carbons (Fsp3) is 0.538. The summed E-state index contributed by atoms with van der Waals surface area (Å²) in [5.41, 5.74) is 1.54. The number of carbonyl (C=O) groups is 1. The van der Waals surface area contributed by atoms with Crippen LogP contribution in [-0.2, 0) is 9.53 Å². The third-order valence-corrected chi connectivity index (χ3v) is 3.27. The molecule has 1 aliphatic heterocycles. The third-order valence-electron chi connectivity index (χ3n) is 2.97. The van der Waals surface area contributed by atoms with Crippen LogP contribution in [0.1, 0.15) is 31.2 Å². The van der Waals surface area contributed by atoms with E-state index in [9.17, 15) is 4.79 Å². The van der Waals surface area contributed by atoms with Crippen LogP contribution in [0.15, 0.2) is 12.3 Å². The van der Waals surface area contributed by atoms with Crippen molar-refractivity contribution in [3.05, 3.63) is 23.0 Å². The van der Waals surface area contributed by atoms with Gasteiger partial charge in [-0.3, -0.25) is 4.79 Å². The van der Waals surface area contributed by atoms with E-state index < -0.39 is 0 Å². The van der Waals surface area contributed by atoms with Gasteiger partial charge in [0.05, 0.1) is 11.8 Å². The van der Waals surface area contributed by atoms with Gasteiger partial charge in [-0.25, -0.2) is 4.98 Å². The van der Waals surface area contributed by atoms with E-state index in [1.807, 2.05) is 13.0 Å². The van der Waals surface area contributed by atoms with E-state index in [0.29, 0.717) is 17.3 Å². The number of rotatable bonds is 4. The van der Waals surface area contributed by atoms with Crippen LogP contribution in [0.25, 0.3) is 0 Å². The molecule has 1 aromatic rings. The zero-order chi connectivity index (χ0) is 13.0. The topological polar surface area (TPSA) is 51.2 Å². The lowest BCUT2D eigenvalue weighted by Gasteiger charge is -2.10. The Morgan fingerprint density at radius 3 is 3.22 bits per heavy atom. The molecular formula is C13H17ClN2O2. The summed E-state index contributed by atoms with van der Waals surface area (Å²) in [5.74, 6) is -0.0419. The highest BCUT2D eigenvalue weighted by Crippen LogP contribution is 2.21. The molecule has 0 saturated carbocycles. The summed E-state index contributed by atoms with van der Waals surface area (Å²) in [6, 6.07) is 1.82. The summed E-state index contributed by atoms with van der Waals surface area (Å²) >= 11 is 5.92.